The van der Waals surface area contributed by atoms with Crippen molar-refractivity contribution in [2.75, 3.05) is 0 Å². The molecule has 0 spiro atoms. The van der Waals surface area contributed by atoms with Crippen molar-refractivity contribution in [3.05, 3.63) is 60.0 Å². The molecule has 2 aromatic heterocycles. The van der Waals surface area contributed by atoms with Gasteiger partial charge in [-0.25, -0.2) is 0 Å². The van der Waals surface area contributed by atoms with Crippen molar-refractivity contribution in [2.24, 2.45) is 0 Å². The summed E-state index contributed by atoms with van der Waals surface area (Å²) >= 11 is 6.10. The lowest BCUT2D eigenvalue weighted by Crippen LogP contribution is -1.83. The predicted octanol–water partition coefficient (Wildman–Crippen LogP) is 3.95. The fourth-order valence-electron chi connectivity index (χ4n) is 1.83. The van der Waals surface area contributed by atoms with Gasteiger partial charge in [0, 0.05) is 29.5 Å². The molecule has 2 heterocycles. The van der Waals surface area contributed by atoms with E-state index in [0.717, 1.165) is 27.1 Å². The molecule has 17 heavy (non-hydrogen) atoms. The SMILES string of the molecule is Clc1ccnc2cc(-c3cccnc3)ccc12. The van der Waals surface area contributed by atoms with Crippen molar-refractivity contribution in [2.45, 2.75) is 0 Å². The maximum absolute atomic E-state index is 6.10. The molecule has 2 nitrogen and oxygen atoms in total. The van der Waals surface area contributed by atoms with Gasteiger partial charge in [-0.3, -0.25) is 9.97 Å². The van der Waals surface area contributed by atoms with Crippen molar-refractivity contribution in [1.82, 2.24) is 9.97 Å². The van der Waals surface area contributed by atoms with Crippen LogP contribution in [0.3, 0.4) is 0 Å². The second-order valence-electron chi connectivity index (χ2n) is 3.77. The van der Waals surface area contributed by atoms with Crippen molar-refractivity contribution in [3.63, 3.8) is 0 Å². The minimum atomic E-state index is 0.729. The van der Waals surface area contributed by atoms with Gasteiger partial charge in [-0.1, -0.05) is 29.8 Å². The van der Waals surface area contributed by atoms with E-state index >= 15 is 0 Å². The summed E-state index contributed by atoms with van der Waals surface area (Å²) in [5, 5.41) is 1.70. The first-order valence-electron chi connectivity index (χ1n) is 5.29. The Morgan fingerprint density at radius 1 is 0.941 bits per heavy atom. The van der Waals surface area contributed by atoms with E-state index in [9.17, 15) is 0 Å². The van der Waals surface area contributed by atoms with Gasteiger partial charge in [0.15, 0.2) is 0 Å². The first-order chi connectivity index (χ1) is 8.34. The largest absolute Gasteiger partial charge is 0.264 e. The third-order valence-electron chi connectivity index (χ3n) is 2.68. The van der Waals surface area contributed by atoms with Gasteiger partial charge in [-0.05, 0) is 23.8 Å². The van der Waals surface area contributed by atoms with Gasteiger partial charge < -0.3 is 0 Å². The monoisotopic (exact) mass is 240 g/mol. The highest BCUT2D eigenvalue weighted by Gasteiger charge is 2.02. The summed E-state index contributed by atoms with van der Waals surface area (Å²) in [6.45, 7) is 0. The van der Waals surface area contributed by atoms with Gasteiger partial charge in [-0.15, -0.1) is 0 Å². The zero-order valence-corrected chi connectivity index (χ0v) is 9.72. The lowest BCUT2D eigenvalue weighted by Gasteiger charge is -2.04. The standard InChI is InChI=1S/C14H9ClN2/c15-13-5-7-17-14-8-10(3-4-12(13)14)11-2-1-6-16-9-11/h1-9H. The molecule has 0 unspecified atom stereocenters. The minimum Gasteiger partial charge on any atom is -0.264 e. The van der Waals surface area contributed by atoms with Crippen LogP contribution in [0.2, 0.25) is 5.02 Å². The number of benzene rings is 1. The number of nitrogens with zero attached hydrogens (tertiary/aromatic N) is 2. The molecule has 3 aromatic rings. The molecule has 0 bridgehead atoms. The molecule has 0 saturated heterocycles. The first-order valence-corrected chi connectivity index (χ1v) is 5.67. The lowest BCUT2D eigenvalue weighted by molar-refractivity contribution is 1.33. The molecule has 0 N–H and O–H groups in total. The van der Waals surface area contributed by atoms with E-state index in [2.05, 4.69) is 9.97 Å². The molecular formula is C14H9ClN2. The highest BCUT2D eigenvalue weighted by Crippen LogP contribution is 2.26. The number of fused-ring (bicyclic) bond motifs is 1. The number of rotatable bonds is 1. The van der Waals surface area contributed by atoms with Crippen LogP contribution in [0.4, 0.5) is 0 Å². The van der Waals surface area contributed by atoms with E-state index < -0.39 is 0 Å². The maximum Gasteiger partial charge on any atom is 0.0723 e. The number of hydrogen-bond acceptors (Lipinski definition) is 2. The first kappa shape index (κ1) is 10.2. The molecule has 0 aliphatic carbocycles. The smallest absolute Gasteiger partial charge is 0.0723 e. The Kier molecular flexibility index (Phi) is 2.50. The summed E-state index contributed by atoms with van der Waals surface area (Å²) in [4.78, 5) is 8.44. The van der Waals surface area contributed by atoms with Crippen LogP contribution in [-0.4, -0.2) is 9.97 Å². The van der Waals surface area contributed by atoms with Gasteiger partial charge in [0.2, 0.25) is 0 Å². The molecule has 0 saturated carbocycles. The third-order valence-corrected chi connectivity index (χ3v) is 3.01. The molecule has 0 radical (unpaired) electrons. The molecule has 0 atom stereocenters. The number of halogens is 1. The quantitative estimate of drug-likeness (QED) is 0.644. The van der Waals surface area contributed by atoms with E-state index in [-0.39, 0.29) is 0 Å². The Hall–Kier alpha value is -1.93. The summed E-state index contributed by atoms with van der Waals surface area (Å²) < 4.78 is 0. The average molecular weight is 241 g/mol. The van der Waals surface area contributed by atoms with Crippen LogP contribution < -0.4 is 0 Å². The Morgan fingerprint density at radius 2 is 1.88 bits per heavy atom. The van der Waals surface area contributed by atoms with Crippen molar-refractivity contribution in [1.29, 1.82) is 0 Å². The fourth-order valence-corrected chi connectivity index (χ4v) is 2.04. The second-order valence-corrected chi connectivity index (χ2v) is 4.17. The number of aromatic nitrogens is 2. The van der Waals surface area contributed by atoms with Crippen LogP contribution in [0.1, 0.15) is 0 Å². The summed E-state index contributed by atoms with van der Waals surface area (Å²) in [5.74, 6) is 0. The maximum atomic E-state index is 6.10. The van der Waals surface area contributed by atoms with Crippen LogP contribution in [-0.2, 0) is 0 Å². The van der Waals surface area contributed by atoms with Gasteiger partial charge in [-0.2, -0.15) is 0 Å². The van der Waals surface area contributed by atoms with Crippen molar-refractivity contribution >= 4 is 22.5 Å². The van der Waals surface area contributed by atoms with E-state index in [1.54, 1.807) is 18.5 Å². The summed E-state index contributed by atoms with van der Waals surface area (Å²) in [6, 6.07) is 11.8. The second kappa shape index (κ2) is 4.15. The third kappa shape index (κ3) is 1.87. The van der Waals surface area contributed by atoms with E-state index in [1.807, 2.05) is 36.5 Å². The molecule has 3 rings (SSSR count). The molecule has 0 aliphatic heterocycles. The fraction of sp³-hybridized carbons (Fsp3) is 0. The summed E-state index contributed by atoms with van der Waals surface area (Å²) in [7, 11) is 0. The van der Waals surface area contributed by atoms with Gasteiger partial charge in [0.1, 0.15) is 0 Å². The van der Waals surface area contributed by atoms with Crippen LogP contribution in [0.15, 0.2) is 55.0 Å². The Labute approximate surface area is 104 Å². The Bertz CT molecular complexity index is 665. The van der Waals surface area contributed by atoms with Gasteiger partial charge in [0.05, 0.1) is 10.5 Å². The van der Waals surface area contributed by atoms with Crippen LogP contribution in [0.5, 0.6) is 0 Å². The normalized spacial score (nSPS) is 10.6. The van der Waals surface area contributed by atoms with Gasteiger partial charge in [0.25, 0.3) is 0 Å². The van der Waals surface area contributed by atoms with Crippen LogP contribution >= 0.6 is 11.6 Å². The average Bonchev–Trinajstić information content (AvgIpc) is 2.40. The van der Waals surface area contributed by atoms with Crippen LogP contribution in [0, 0.1) is 0 Å². The van der Waals surface area contributed by atoms with E-state index in [0.29, 0.717) is 0 Å². The van der Waals surface area contributed by atoms with Gasteiger partial charge >= 0.3 is 0 Å². The highest BCUT2D eigenvalue weighted by atomic mass is 35.5. The van der Waals surface area contributed by atoms with Crippen molar-refractivity contribution < 1.29 is 0 Å². The number of pyridine rings is 2. The molecule has 0 amide bonds. The lowest BCUT2D eigenvalue weighted by atomic mass is 10.1. The van der Waals surface area contributed by atoms with E-state index in [4.69, 9.17) is 11.6 Å². The minimum absolute atomic E-state index is 0.729. The topological polar surface area (TPSA) is 25.8 Å². The predicted molar refractivity (Wildman–Crippen MR) is 70.0 cm³/mol. The van der Waals surface area contributed by atoms with E-state index in [1.165, 1.54) is 0 Å². The number of hydrogen-bond donors (Lipinski definition) is 0. The zero-order valence-electron chi connectivity index (χ0n) is 8.97. The molecule has 0 aliphatic rings. The van der Waals surface area contributed by atoms with Crippen LogP contribution in [0.25, 0.3) is 22.0 Å². The Balaban J connectivity index is 2.21. The molecule has 0 fully saturated rings. The zero-order chi connectivity index (χ0) is 11.7. The molecule has 82 valence electrons. The summed E-state index contributed by atoms with van der Waals surface area (Å²) in [6.07, 6.45) is 5.32. The summed E-state index contributed by atoms with van der Waals surface area (Å²) in [5.41, 5.74) is 3.08. The highest BCUT2D eigenvalue weighted by molar-refractivity contribution is 6.35. The molecule has 1 aromatic carbocycles. The van der Waals surface area contributed by atoms with Crippen molar-refractivity contribution in [3.8, 4) is 11.1 Å². The Morgan fingerprint density at radius 3 is 2.71 bits per heavy atom. The molecular weight excluding hydrogens is 232 g/mol. The molecule has 3 heteroatoms.